The third kappa shape index (κ3) is 2.68. The van der Waals surface area contributed by atoms with E-state index in [4.69, 9.17) is 0 Å². The van der Waals surface area contributed by atoms with Crippen LogP contribution in [-0.4, -0.2) is 0 Å². The van der Waals surface area contributed by atoms with Gasteiger partial charge in [0, 0.05) is 16.6 Å². The normalized spacial score (nSPS) is 18.9. The molecule has 0 amide bonds. The van der Waals surface area contributed by atoms with Crippen molar-refractivity contribution in [3.63, 3.8) is 0 Å². The number of nitrogens with one attached hydrogen (secondary N) is 1. The van der Waals surface area contributed by atoms with E-state index in [0.717, 1.165) is 6.42 Å². The summed E-state index contributed by atoms with van der Waals surface area (Å²) in [6.45, 7) is 4.38. The van der Waals surface area contributed by atoms with Crippen LogP contribution in [0.3, 0.4) is 0 Å². The second-order valence-corrected chi connectivity index (χ2v) is 6.55. The van der Waals surface area contributed by atoms with Gasteiger partial charge in [-0.05, 0) is 49.4 Å². The molecule has 1 nitrogen and oxygen atoms in total. The van der Waals surface area contributed by atoms with Crippen molar-refractivity contribution in [1.82, 2.24) is 5.32 Å². The Morgan fingerprint density at radius 1 is 1.15 bits per heavy atom. The standard InChI is InChI=1S/C18H20BrN/c1-12-6-8-14(9-7-12)13(2)20-18-11-10-15-16(18)4-3-5-17(15)19/h3-9,13,18,20H,10-11H2,1-2H3/t13-,18?/m0/s1. The number of hydrogen-bond donors (Lipinski definition) is 1. The molecule has 2 aromatic carbocycles. The molecule has 104 valence electrons. The molecule has 0 saturated carbocycles. The van der Waals surface area contributed by atoms with Crippen LogP contribution in [0, 0.1) is 6.92 Å². The molecular formula is C18H20BrN. The highest BCUT2D eigenvalue weighted by atomic mass is 79.9. The van der Waals surface area contributed by atoms with E-state index in [0.29, 0.717) is 12.1 Å². The van der Waals surface area contributed by atoms with Crippen molar-refractivity contribution in [2.75, 3.05) is 0 Å². The number of hydrogen-bond acceptors (Lipinski definition) is 1. The Kier molecular flexibility index (Phi) is 3.95. The van der Waals surface area contributed by atoms with Gasteiger partial charge in [0.2, 0.25) is 0 Å². The fourth-order valence-electron chi connectivity index (χ4n) is 3.04. The lowest BCUT2D eigenvalue weighted by molar-refractivity contribution is 0.465. The van der Waals surface area contributed by atoms with E-state index < -0.39 is 0 Å². The van der Waals surface area contributed by atoms with E-state index in [1.165, 1.54) is 33.1 Å². The van der Waals surface area contributed by atoms with Crippen LogP contribution < -0.4 is 5.32 Å². The van der Waals surface area contributed by atoms with Crippen molar-refractivity contribution in [3.05, 3.63) is 69.2 Å². The molecule has 0 heterocycles. The molecule has 1 aliphatic carbocycles. The molecule has 0 fully saturated rings. The average Bonchev–Trinajstić information content (AvgIpc) is 2.84. The van der Waals surface area contributed by atoms with E-state index in [1.807, 2.05) is 0 Å². The van der Waals surface area contributed by atoms with Gasteiger partial charge >= 0.3 is 0 Å². The molecule has 0 bridgehead atoms. The van der Waals surface area contributed by atoms with Gasteiger partial charge in [0.25, 0.3) is 0 Å². The maximum absolute atomic E-state index is 3.78. The highest BCUT2D eigenvalue weighted by Crippen LogP contribution is 2.36. The Morgan fingerprint density at radius 3 is 2.65 bits per heavy atom. The fraction of sp³-hybridized carbons (Fsp3) is 0.333. The summed E-state index contributed by atoms with van der Waals surface area (Å²) in [7, 11) is 0. The SMILES string of the molecule is Cc1ccc([C@H](C)NC2CCc3c(Br)cccc32)cc1. The molecule has 1 aliphatic rings. The molecule has 2 heteroatoms. The summed E-state index contributed by atoms with van der Waals surface area (Å²) >= 11 is 3.67. The zero-order valence-electron chi connectivity index (χ0n) is 12.0. The lowest BCUT2D eigenvalue weighted by atomic mass is 10.0. The number of fused-ring (bicyclic) bond motifs is 1. The maximum atomic E-state index is 3.78. The van der Waals surface area contributed by atoms with Crippen LogP contribution in [0.5, 0.6) is 0 Å². The van der Waals surface area contributed by atoms with Crippen molar-refractivity contribution in [2.45, 2.75) is 38.8 Å². The summed E-state index contributed by atoms with van der Waals surface area (Å²) in [5.41, 5.74) is 5.61. The quantitative estimate of drug-likeness (QED) is 0.826. The van der Waals surface area contributed by atoms with Gasteiger partial charge < -0.3 is 5.32 Å². The summed E-state index contributed by atoms with van der Waals surface area (Å²) in [5.74, 6) is 0. The highest BCUT2D eigenvalue weighted by molar-refractivity contribution is 9.10. The third-order valence-corrected chi connectivity index (χ3v) is 4.99. The van der Waals surface area contributed by atoms with E-state index in [2.05, 4.69) is 77.6 Å². The Bertz CT molecular complexity index is 603. The van der Waals surface area contributed by atoms with Crippen LogP contribution in [0.2, 0.25) is 0 Å². The molecule has 2 atom stereocenters. The van der Waals surface area contributed by atoms with Gasteiger partial charge in [-0.15, -0.1) is 0 Å². The van der Waals surface area contributed by atoms with Gasteiger partial charge in [-0.1, -0.05) is 57.9 Å². The summed E-state index contributed by atoms with van der Waals surface area (Å²) in [6.07, 6.45) is 2.35. The van der Waals surface area contributed by atoms with E-state index >= 15 is 0 Å². The van der Waals surface area contributed by atoms with Crippen molar-refractivity contribution in [2.24, 2.45) is 0 Å². The van der Waals surface area contributed by atoms with Crippen LogP contribution in [-0.2, 0) is 6.42 Å². The predicted molar refractivity (Wildman–Crippen MR) is 87.9 cm³/mol. The molecule has 1 unspecified atom stereocenters. The molecule has 2 aromatic rings. The lowest BCUT2D eigenvalue weighted by Crippen LogP contribution is -2.23. The van der Waals surface area contributed by atoms with Crippen molar-refractivity contribution in [3.8, 4) is 0 Å². The number of aryl methyl sites for hydroxylation is 1. The molecule has 3 rings (SSSR count). The first-order chi connectivity index (χ1) is 9.65. The minimum absolute atomic E-state index is 0.380. The van der Waals surface area contributed by atoms with Gasteiger partial charge in [-0.25, -0.2) is 0 Å². The Hall–Kier alpha value is -1.12. The largest absolute Gasteiger partial charge is 0.303 e. The summed E-state index contributed by atoms with van der Waals surface area (Å²) < 4.78 is 1.25. The zero-order chi connectivity index (χ0) is 14.1. The van der Waals surface area contributed by atoms with Gasteiger partial charge in [-0.3, -0.25) is 0 Å². The van der Waals surface area contributed by atoms with Gasteiger partial charge in [0.1, 0.15) is 0 Å². The monoisotopic (exact) mass is 329 g/mol. The first-order valence-electron chi connectivity index (χ1n) is 7.25. The maximum Gasteiger partial charge on any atom is 0.0331 e. The first kappa shape index (κ1) is 13.8. The van der Waals surface area contributed by atoms with Crippen LogP contribution in [0.15, 0.2) is 46.9 Å². The highest BCUT2D eigenvalue weighted by Gasteiger charge is 2.25. The fourth-order valence-corrected chi connectivity index (χ4v) is 3.62. The van der Waals surface area contributed by atoms with Crippen LogP contribution in [0.4, 0.5) is 0 Å². The van der Waals surface area contributed by atoms with Crippen LogP contribution in [0.1, 0.15) is 47.7 Å². The van der Waals surface area contributed by atoms with Gasteiger partial charge in [-0.2, -0.15) is 0 Å². The molecule has 0 radical (unpaired) electrons. The zero-order valence-corrected chi connectivity index (χ0v) is 13.6. The molecule has 20 heavy (non-hydrogen) atoms. The Morgan fingerprint density at radius 2 is 1.90 bits per heavy atom. The van der Waals surface area contributed by atoms with Crippen LogP contribution in [0.25, 0.3) is 0 Å². The second kappa shape index (κ2) is 5.71. The molecule has 0 saturated heterocycles. The second-order valence-electron chi connectivity index (χ2n) is 5.70. The minimum atomic E-state index is 0.380. The van der Waals surface area contributed by atoms with Gasteiger partial charge in [0.05, 0.1) is 0 Å². The molecule has 0 aliphatic heterocycles. The molecule has 0 aromatic heterocycles. The minimum Gasteiger partial charge on any atom is -0.303 e. The van der Waals surface area contributed by atoms with Crippen molar-refractivity contribution < 1.29 is 0 Å². The number of halogens is 1. The molecule has 1 N–H and O–H groups in total. The Balaban J connectivity index is 1.77. The van der Waals surface area contributed by atoms with E-state index in [-0.39, 0.29) is 0 Å². The summed E-state index contributed by atoms with van der Waals surface area (Å²) in [4.78, 5) is 0. The lowest BCUT2D eigenvalue weighted by Gasteiger charge is -2.21. The third-order valence-electron chi connectivity index (χ3n) is 4.24. The molecular weight excluding hydrogens is 310 g/mol. The first-order valence-corrected chi connectivity index (χ1v) is 8.04. The summed E-state index contributed by atoms with van der Waals surface area (Å²) in [6, 6.07) is 16.2. The number of rotatable bonds is 3. The van der Waals surface area contributed by atoms with Gasteiger partial charge in [0.15, 0.2) is 0 Å². The van der Waals surface area contributed by atoms with E-state index in [1.54, 1.807) is 0 Å². The van der Waals surface area contributed by atoms with E-state index in [9.17, 15) is 0 Å². The molecule has 0 spiro atoms. The topological polar surface area (TPSA) is 12.0 Å². The number of benzene rings is 2. The smallest absolute Gasteiger partial charge is 0.0331 e. The summed E-state index contributed by atoms with van der Waals surface area (Å²) in [5, 5.41) is 3.78. The van der Waals surface area contributed by atoms with Crippen LogP contribution >= 0.6 is 15.9 Å². The Labute approximate surface area is 129 Å². The van der Waals surface area contributed by atoms with Crippen molar-refractivity contribution >= 4 is 15.9 Å². The predicted octanol–water partition coefficient (Wildman–Crippen LogP) is 5.10. The van der Waals surface area contributed by atoms with Crippen molar-refractivity contribution in [1.29, 1.82) is 0 Å². The average molecular weight is 330 g/mol.